The van der Waals surface area contributed by atoms with Gasteiger partial charge in [-0.1, -0.05) is 12.8 Å². The summed E-state index contributed by atoms with van der Waals surface area (Å²) in [5.74, 6) is 1.33. The number of hydrogen-bond donors (Lipinski definition) is 0. The molecule has 0 saturated heterocycles. The van der Waals surface area contributed by atoms with Gasteiger partial charge in [0, 0.05) is 19.4 Å². The van der Waals surface area contributed by atoms with Crippen molar-refractivity contribution in [1.82, 2.24) is 0 Å². The fourth-order valence-electron chi connectivity index (χ4n) is 3.17. The molecule has 3 atom stereocenters. The van der Waals surface area contributed by atoms with Crippen LogP contribution < -0.4 is 0 Å². The summed E-state index contributed by atoms with van der Waals surface area (Å²) in [5, 5.41) is 0. The van der Waals surface area contributed by atoms with Crippen molar-refractivity contribution in [1.29, 1.82) is 0 Å². The third kappa shape index (κ3) is 1.85. The van der Waals surface area contributed by atoms with Gasteiger partial charge in [0.1, 0.15) is 5.78 Å². The molecule has 80 valence electrons. The normalized spacial score (nSPS) is 38.9. The molecule has 2 saturated carbocycles. The van der Waals surface area contributed by atoms with Crippen LogP contribution in [0.4, 0.5) is 0 Å². The lowest BCUT2D eigenvalue weighted by Gasteiger charge is -2.35. The number of Topliss-reactive ketones (excluding diaryl/α,β-unsaturated/α-hetero) is 1. The molecular formula is C12H20O2. The van der Waals surface area contributed by atoms with Gasteiger partial charge in [-0.15, -0.1) is 0 Å². The second kappa shape index (κ2) is 4.43. The Bertz CT molecular complexity index is 212. The molecule has 2 heteroatoms. The fraction of sp³-hybridized carbons (Fsp3) is 0.917. The monoisotopic (exact) mass is 196 g/mol. The highest BCUT2D eigenvalue weighted by Crippen LogP contribution is 2.38. The minimum Gasteiger partial charge on any atom is -0.381 e. The predicted octanol–water partition coefficient (Wildman–Crippen LogP) is 2.56. The van der Waals surface area contributed by atoms with Gasteiger partial charge in [-0.3, -0.25) is 4.79 Å². The van der Waals surface area contributed by atoms with Gasteiger partial charge < -0.3 is 4.74 Å². The Kier molecular flexibility index (Phi) is 3.22. The molecule has 14 heavy (non-hydrogen) atoms. The first-order valence-electron chi connectivity index (χ1n) is 5.88. The zero-order chi connectivity index (χ0) is 9.97. The van der Waals surface area contributed by atoms with Crippen LogP contribution in [0.2, 0.25) is 0 Å². The molecule has 0 unspecified atom stereocenters. The first kappa shape index (κ1) is 10.2. The van der Waals surface area contributed by atoms with Gasteiger partial charge in [-0.2, -0.15) is 0 Å². The molecule has 2 aliphatic carbocycles. The molecule has 2 rings (SSSR count). The first-order chi connectivity index (χ1) is 6.83. The summed E-state index contributed by atoms with van der Waals surface area (Å²) in [7, 11) is 1.76. The maximum atomic E-state index is 11.9. The molecule has 0 aromatic heterocycles. The average Bonchev–Trinajstić information content (AvgIpc) is 2.40. The van der Waals surface area contributed by atoms with Crippen LogP contribution in [0.3, 0.4) is 0 Å². The number of ether oxygens (including phenoxy) is 1. The van der Waals surface area contributed by atoms with E-state index < -0.39 is 0 Å². The van der Waals surface area contributed by atoms with Gasteiger partial charge in [0.15, 0.2) is 0 Å². The summed E-state index contributed by atoms with van der Waals surface area (Å²) in [6.45, 7) is 0. The number of hydrogen-bond acceptors (Lipinski definition) is 2. The highest BCUT2D eigenvalue weighted by atomic mass is 16.5. The van der Waals surface area contributed by atoms with Gasteiger partial charge in [0.25, 0.3) is 0 Å². The number of carbonyl (C=O) groups is 1. The molecular weight excluding hydrogens is 176 g/mol. The lowest BCUT2D eigenvalue weighted by molar-refractivity contribution is -0.131. The molecule has 0 aromatic carbocycles. The molecule has 0 spiro atoms. The van der Waals surface area contributed by atoms with Gasteiger partial charge in [-0.25, -0.2) is 0 Å². The maximum absolute atomic E-state index is 11.9. The Morgan fingerprint density at radius 3 is 2.71 bits per heavy atom. The minimum absolute atomic E-state index is 0.222. The topological polar surface area (TPSA) is 26.3 Å². The van der Waals surface area contributed by atoms with E-state index >= 15 is 0 Å². The first-order valence-corrected chi connectivity index (χ1v) is 5.88. The molecule has 0 aromatic rings. The Morgan fingerprint density at radius 1 is 1.14 bits per heavy atom. The fourth-order valence-corrected chi connectivity index (χ4v) is 3.17. The highest BCUT2D eigenvalue weighted by molar-refractivity contribution is 5.82. The lowest BCUT2D eigenvalue weighted by Crippen LogP contribution is -2.38. The number of fused-ring (bicyclic) bond motifs is 1. The summed E-state index contributed by atoms with van der Waals surface area (Å²) >= 11 is 0. The van der Waals surface area contributed by atoms with E-state index in [0.29, 0.717) is 11.7 Å². The van der Waals surface area contributed by atoms with Crippen molar-refractivity contribution in [3.63, 3.8) is 0 Å². The van der Waals surface area contributed by atoms with E-state index in [4.69, 9.17) is 4.74 Å². The number of methoxy groups -OCH3 is 1. The number of ketones is 1. The van der Waals surface area contributed by atoms with E-state index in [1.807, 2.05) is 0 Å². The quantitative estimate of drug-likeness (QED) is 0.644. The number of carbonyl (C=O) groups excluding carboxylic acids is 1. The molecule has 2 fully saturated rings. The zero-order valence-corrected chi connectivity index (χ0v) is 9.00. The largest absolute Gasteiger partial charge is 0.381 e. The zero-order valence-electron chi connectivity index (χ0n) is 9.00. The second-order valence-electron chi connectivity index (χ2n) is 4.70. The molecule has 0 N–H and O–H groups in total. The van der Waals surface area contributed by atoms with E-state index in [1.54, 1.807) is 7.11 Å². The lowest BCUT2D eigenvalue weighted by atomic mass is 9.74. The van der Waals surface area contributed by atoms with Crippen molar-refractivity contribution in [2.75, 3.05) is 7.11 Å². The Morgan fingerprint density at radius 2 is 1.93 bits per heavy atom. The Balaban J connectivity index is 2.13. The van der Waals surface area contributed by atoms with Gasteiger partial charge in [0.2, 0.25) is 0 Å². The van der Waals surface area contributed by atoms with Crippen molar-refractivity contribution in [3.05, 3.63) is 0 Å². The highest BCUT2D eigenvalue weighted by Gasteiger charge is 2.38. The van der Waals surface area contributed by atoms with Crippen LogP contribution in [-0.2, 0) is 9.53 Å². The van der Waals surface area contributed by atoms with Crippen LogP contribution in [0, 0.1) is 11.8 Å². The second-order valence-corrected chi connectivity index (χ2v) is 4.70. The van der Waals surface area contributed by atoms with Crippen LogP contribution in [0.5, 0.6) is 0 Å². The molecule has 0 heterocycles. The molecule has 2 nitrogen and oxygen atoms in total. The minimum atomic E-state index is 0.222. The molecule has 0 bridgehead atoms. The molecule has 0 radical (unpaired) electrons. The van der Waals surface area contributed by atoms with Crippen molar-refractivity contribution in [2.45, 2.75) is 51.0 Å². The van der Waals surface area contributed by atoms with Gasteiger partial charge >= 0.3 is 0 Å². The third-order valence-electron chi connectivity index (χ3n) is 3.89. The Labute approximate surface area is 86.0 Å². The van der Waals surface area contributed by atoms with Crippen molar-refractivity contribution in [2.24, 2.45) is 11.8 Å². The van der Waals surface area contributed by atoms with Gasteiger partial charge in [-0.05, 0) is 31.6 Å². The molecule has 2 aliphatic rings. The average molecular weight is 196 g/mol. The summed E-state index contributed by atoms with van der Waals surface area (Å²) in [4.78, 5) is 11.9. The maximum Gasteiger partial charge on any atom is 0.138 e. The standard InChI is InChI=1S/C12H20O2/c1-14-11-8-4-6-9-5-2-3-7-10(13)12(9)11/h9,11-12H,2-8H2,1H3/t9-,11+,12-/m0/s1. The molecule has 0 amide bonds. The third-order valence-corrected chi connectivity index (χ3v) is 3.89. The van der Waals surface area contributed by atoms with Crippen LogP contribution in [0.1, 0.15) is 44.9 Å². The summed E-state index contributed by atoms with van der Waals surface area (Å²) < 4.78 is 5.47. The van der Waals surface area contributed by atoms with E-state index in [1.165, 1.54) is 25.7 Å². The van der Waals surface area contributed by atoms with Crippen molar-refractivity contribution < 1.29 is 9.53 Å². The van der Waals surface area contributed by atoms with E-state index in [9.17, 15) is 4.79 Å². The number of rotatable bonds is 1. The van der Waals surface area contributed by atoms with E-state index in [2.05, 4.69) is 0 Å². The smallest absolute Gasteiger partial charge is 0.138 e. The molecule has 0 aliphatic heterocycles. The summed E-state index contributed by atoms with van der Waals surface area (Å²) in [5.41, 5.74) is 0. The van der Waals surface area contributed by atoms with Crippen LogP contribution >= 0.6 is 0 Å². The van der Waals surface area contributed by atoms with Crippen molar-refractivity contribution >= 4 is 5.78 Å². The van der Waals surface area contributed by atoms with Gasteiger partial charge in [0.05, 0.1) is 6.10 Å². The SMILES string of the molecule is CO[C@@H]1CCC[C@@H]2CCCCC(=O)[C@H]21. The van der Waals surface area contributed by atoms with Crippen LogP contribution in [0.15, 0.2) is 0 Å². The van der Waals surface area contributed by atoms with Crippen LogP contribution in [0.25, 0.3) is 0 Å². The van der Waals surface area contributed by atoms with E-state index in [0.717, 1.165) is 19.3 Å². The van der Waals surface area contributed by atoms with Crippen molar-refractivity contribution in [3.8, 4) is 0 Å². The summed E-state index contributed by atoms with van der Waals surface area (Å²) in [6.07, 6.45) is 8.18. The predicted molar refractivity (Wildman–Crippen MR) is 55.1 cm³/mol. The van der Waals surface area contributed by atoms with E-state index in [-0.39, 0.29) is 12.0 Å². The summed E-state index contributed by atoms with van der Waals surface area (Å²) in [6, 6.07) is 0. The van der Waals surface area contributed by atoms with Crippen LogP contribution in [-0.4, -0.2) is 19.0 Å². The Hall–Kier alpha value is -0.370.